The van der Waals surface area contributed by atoms with Crippen LogP contribution in [0, 0.1) is 11.8 Å². The van der Waals surface area contributed by atoms with Crippen LogP contribution in [-0.2, 0) is 9.53 Å². The number of ether oxygens (including phenoxy) is 1. The van der Waals surface area contributed by atoms with E-state index < -0.39 is 5.97 Å². The first-order chi connectivity index (χ1) is 7.77. The molecule has 0 aromatic rings. The van der Waals surface area contributed by atoms with Gasteiger partial charge in [-0.3, -0.25) is 0 Å². The summed E-state index contributed by atoms with van der Waals surface area (Å²) in [6.45, 7) is 15.4. The minimum atomic E-state index is -0.935. The van der Waals surface area contributed by atoms with Gasteiger partial charge in [-0.2, -0.15) is 0 Å². The fraction of sp³-hybridized carbons (Fsp3) is 0.786. The van der Waals surface area contributed by atoms with E-state index in [-0.39, 0.29) is 5.57 Å². The molecule has 0 fully saturated rings. The van der Waals surface area contributed by atoms with Crippen molar-refractivity contribution in [2.24, 2.45) is 11.8 Å². The average molecular weight is 244 g/mol. The van der Waals surface area contributed by atoms with Crippen LogP contribution in [0.25, 0.3) is 0 Å². The molecule has 0 atom stereocenters. The highest BCUT2D eigenvalue weighted by Crippen LogP contribution is 2.02. The molecule has 0 rings (SSSR count). The van der Waals surface area contributed by atoms with Crippen LogP contribution < -0.4 is 0 Å². The molecule has 3 heteroatoms. The first-order valence-electron chi connectivity index (χ1n) is 6.23. The second kappa shape index (κ2) is 11.6. The Morgan fingerprint density at radius 2 is 1.41 bits per heavy atom. The Hall–Kier alpha value is -0.830. The number of hydrogen-bond donors (Lipinski definition) is 1. The van der Waals surface area contributed by atoms with E-state index in [0.717, 1.165) is 25.0 Å². The molecule has 1 N–H and O–H groups in total. The predicted octanol–water partition coefficient (Wildman–Crippen LogP) is 3.74. The summed E-state index contributed by atoms with van der Waals surface area (Å²) in [7, 11) is 0. The lowest BCUT2D eigenvalue weighted by molar-refractivity contribution is -0.132. The van der Waals surface area contributed by atoms with Crippen molar-refractivity contribution in [3.63, 3.8) is 0 Å². The summed E-state index contributed by atoms with van der Waals surface area (Å²) in [6.07, 6.45) is 2.39. The lowest BCUT2D eigenvalue weighted by Gasteiger charge is -2.07. The van der Waals surface area contributed by atoms with Gasteiger partial charge in [0.05, 0.1) is 0 Å². The molecule has 0 aromatic heterocycles. The van der Waals surface area contributed by atoms with Gasteiger partial charge in [-0.05, 0) is 31.6 Å². The Morgan fingerprint density at radius 1 is 1.12 bits per heavy atom. The third kappa shape index (κ3) is 21.1. The molecule has 3 nitrogen and oxygen atoms in total. The van der Waals surface area contributed by atoms with Crippen LogP contribution in [-0.4, -0.2) is 24.3 Å². The fourth-order valence-corrected chi connectivity index (χ4v) is 0.740. The van der Waals surface area contributed by atoms with Crippen LogP contribution in [0.5, 0.6) is 0 Å². The van der Waals surface area contributed by atoms with Gasteiger partial charge in [0.15, 0.2) is 0 Å². The molecule has 0 aliphatic rings. The topological polar surface area (TPSA) is 46.5 Å². The van der Waals surface area contributed by atoms with Gasteiger partial charge in [0, 0.05) is 18.8 Å². The zero-order valence-corrected chi connectivity index (χ0v) is 12.0. The molecular weight excluding hydrogens is 216 g/mol. The zero-order chi connectivity index (χ0) is 13.8. The molecule has 0 amide bonds. The quantitative estimate of drug-likeness (QED) is 0.548. The Bertz CT molecular complexity index is 186. The minimum Gasteiger partial charge on any atom is -0.478 e. The maximum Gasteiger partial charge on any atom is 0.330 e. The Balaban J connectivity index is 0. The first kappa shape index (κ1) is 18.5. The Kier molecular flexibility index (Phi) is 12.7. The molecule has 0 saturated carbocycles. The number of hydrogen-bond acceptors (Lipinski definition) is 2. The van der Waals surface area contributed by atoms with E-state index in [1.165, 1.54) is 19.8 Å². The van der Waals surface area contributed by atoms with Crippen LogP contribution in [0.3, 0.4) is 0 Å². The third-order valence-corrected chi connectivity index (χ3v) is 2.04. The smallest absolute Gasteiger partial charge is 0.330 e. The summed E-state index contributed by atoms with van der Waals surface area (Å²) in [5.74, 6) is 0.609. The molecule has 0 unspecified atom stereocenters. The van der Waals surface area contributed by atoms with Crippen molar-refractivity contribution in [2.75, 3.05) is 13.2 Å². The summed E-state index contributed by atoms with van der Waals surface area (Å²) >= 11 is 0. The van der Waals surface area contributed by atoms with Crippen LogP contribution in [0.15, 0.2) is 12.2 Å². The SMILES string of the molecule is C=C(C)C(=O)O.CC(C)CCOCCC(C)C. The van der Waals surface area contributed by atoms with E-state index in [1.807, 2.05) is 0 Å². The molecule has 0 heterocycles. The Labute approximate surface area is 106 Å². The standard InChI is InChI=1S/C10H22O.C4H6O2/c1-9(2)5-7-11-8-6-10(3)4;1-3(2)4(5)6/h9-10H,5-8H2,1-4H3;1H2,2H3,(H,5,6). The largest absolute Gasteiger partial charge is 0.478 e. The lowest BCUT2D eigenvalue weighted by atomic mass is 10.1. The Morgan fingerprint density at radius 3 is 1.59 bits per heavy atom. The van der Waals surface area contributed by atoms with Crippen molar-refractivity contribution >= 4 is 5.97 Å². The molecule has 0 spiro atoms. The predicted molar refractivity (Wildman–Crippen MR) is 72.2 cm³/mol. The number of rotatable bonds is 7. The highest BCUT2D eigenvalue weighted by Gasteiger charge is 1.95. The third-order valence-electron chi connectivity index (χ3n) is 2.04. The van der Waals surface area contributed by atoms with Gasteiger partial charge in [0.2, 0.25) is 0 Å². The first-order valence-corrected chi connectivity index (χ1v) is 6.23. The molecule has 17 heavy (non-hydrogen) atoms. The van der Waals surface area contributed by atoms with Gasteiger partial charge in [0.25, 0.3) is 0 Å². The number of aliphatic carboxylic acids is 1. The fourth-order valence-electron chi connectivity index (χ4n) is 0.740. The van der Waals surface area contributed by atoms with E-state index in [0.29, 0.717) is 0 Å². The van der Waals surface area contributed by atoms with Crippen LogP contribution >= 0.6 is 0 Å². The molecule has 0 bridgehead atoms. The number of carboxylic acid groups (broad SMARTS) is 1. The maximum absolute atomic E-state index is 9.60. The molecule has 0 aliphatic heterocycles. The summed E-state index contributed by atoms with van der Waals surface area (Å²) < 4.78 is 5.46. The zero-order valence-electron chi connectivity index (χ0n) is 12.0. The van der Waals surface area contributed by atoms with Gasteiger partial charge < -0.3 is 9.84 Å². The number of carboxylic acids is 1. The van der Waals surface area contributed by atoms with E-state index in [2.05, 4.69) is 34.3 Å². The van der Waals surface area contributed by atoms with Gasteiger partial charge in [-0.25, -0.2) is 4.79 Å². The van der Waals surface area contributed by atoms with Crippen molar-refractivity contribution in [2.45, 2.75) is 47.5 Å². The summed E-state index contributed by atoms with van der Waals surface area (Å²) in [4.78, 5) is 9.60. The average Bonchev–Trinajstić information content (AvgIpc) is 2.17. The number of carbonyl (C=O) groups is 1. The molecular formula is C14H28O3. The van der Waals surface area contributed by atoms with E-state index in [4.69, 9.17) is 9.84 Å². The normalized spacial score (nSPS) is 10.1. The maximum atomic E-state index is 9.60. The van der Waals surface area contributed by atoms with Crippen molar-refractivity contribution in [3.8, 4) is 0 Å². The molecule has 0 saturated heterocycles. The van der Waals surface area contributed by atoms with Crippen LogP contribution in [0.2, 0.25) is 0 Å². The van der Waals surface area contributed by atoms with Gasteiger partial charge in [-0.15, -0.1) is 0 Å². The monoisotopic (exact) mass is 244 g/mol. The minimum absolute atomic E-state index is 0.176. The molecule has 102 valence electrons. The van der Waals surface area contributed by atoms with Crippen LogP contribution in [0.4, 0.5) is 0 Å². The van der Waals surface area contributed by atoms with Crippen molar-refractivity contribution in [1.82, 2.24) is 0 Å². The second-order valence-electron chi connectivity index (χ2n) is 5.06. The van der Waals surface area contributed by atoms with E-state index in [9.17, 15) is 4.79 Å². The van der Waals surface area contributed by atoms with Crippen molar-refractivity contribution < 1.29 is 14.6 Å². The van der Waals surface area contributed by atoms with Gasteiger partial charge >= 0.3 is 5.97 Å². The highest BCUT2D eigenvalue weighted by atomic mass is 16.5. The van der Waals surface area contributed by atoms with Crippen molar-refractivity contribution in [1.29, 1.82) is 0 Å². The lowest BCUT2D eigenvalue weighted by Crippen LogP contribution is -2.02. The highest BCUT2D eigenvalue weighted by molar-refractivity contribution is 5.84. The molecule has 0 radical (unpaired) electrons. The summed E-state index contributed by atoms with van der Waals surface area (Å²) in [5, 5.41) is 7.89. The summed E-state index contributed by atoms with van der Waals surface area (Å²) in [6, 6.07) is 0. The van der Waals surface area contributed by atoms with Crippen molar-refractivity contribution in [3.05, 3.63) is 12.2 Å². The van der Waals surface area contributed by atoms with Gasteiger partial charge in [-0.1, -0.05) is 34.3 Å². The molecule has 0 aromatic carbocycles. The summed E-state index contributed by atoms with van der Waals surface area (Å²) in [5.41, 5.74) is 0.176. The van der Waals surface area contributed by atoms with E-state index in [1.54, 1.807) is 0 Å². The van der Waals surface area contributed by atoms with Gasteiger partial charge in [0.1, 0.15) is 0 Å². The molecule has 0 aliphatic carbocycles. The second-order valence-corrected chi connectivity index (χ2v) is 5.06. The van der Waals surface area contributed by atoms with E-state index >= 15 is 0 Å². The van der Waals surface area contributed by atoms with Crippen LogP contribution in [0.1, 0.15) is 47.5 Å².